The zero-order chi connectivity index (χ0) is 11.5. The molecule has 0 unspecified atom stereocenters. The molecule has 2 nitrogen and oxygen atoms in total. The van der Waals surface area contributed by atoms with Gasteiger partial charge in [0.25, 0.3) is 0 Å². The Labute approximate surface area is 107 Å². The van der Waals surface area contributed by atoms with E-state index in [9.17, 15) is 4.39 Å². The maximum atomic E-state index is 13.2. The van der Waals surface area contributed by atoms with Gasteiger partial charge in [-0.2, -0.15) is 0 Å². The molecule has 0 spiro atoms. The Morgan fingerprint density at radius 2 is 2.06 bits per heavy atom. The van der Waals surface area contributed by atoms with Gasteiger partial charge < -0.3 is 4.74 Å². The highest BCUT2D eigenvalue weighted by Crippen LogP contribution is 2.25. The zero-order valence-electron chi connectivity index (χ0n) is 8.58. The Balaban J connectivity index is 2.48. The summed E-state index contributed by atoms with van der Waals surface area (Å²) in [5, 5.41) is 0. The van der Waals surface area contributed by atoms with Crippen molar-refractivity contribution in [2.75, 3.05) is 7.11 Å². The molecule has 0 saturated heterocycles. The smallest absolute Gasteiger partial charge is 0.165 e. The molecule has 0 aliphatic carbocycles. The summed E-state index contributed by atoms with van der Waals surface area (Å²) in [5.74, 6) is -0.130. The number of aromatic nitrogens is 1. The molecule has 0 atom stereocenters. The van der Waals surface area contributed by atoms with Crippen LogP contribution in [0.15, 0.2) is 36.5 Å². The molecule has 0 saturated carbocycles. The summed E-state index contributed by atoms with van der Waals surface area (Å²) in [5.41, 5.74) is 1.65. The first-order valence-electron chi connectivity index (χ1n) is 4.66. The van der Waals surface area contributed by atoms with Crippen LogP contribution in [0.25, 0.3) is 11.3 Å². The molecule has 1 heterocycles. The lowest BCUT2D eigenvalue weighted by molar-refractivity contribution is 0.387. The summed E-state index contributed by atoms with van der Waals surface area (Å²) in [6, 6.07) is 8.57. The van der Waals surface area contributed by atoms with Crippen LogP contribution in [-0.2, 0) is 0 Å². The lowest BCUT2D eigenvalue weighted by Gasteiger charge is -2.05. The third-order valence-electron chi connectivity index (χ3n) is 2.17. The lowest BCUT2D eigenvalue weighted by Crippen LogP contribution is -1.90. The monoisotopic (exact) mass is 329 g/mol. The fourth-order valence-corrected chi connectivity index (χ4v) is 1.84. The molecule has 0 aliphatic rings. The molecular weight excluding hydrogens is 320 g/mol. The highest BCUT2D eigenvalue weighted by atomic mass is 127. The van der Waals surface area contributed by atoms with Crippen molar-refractivity contribution in [3.63, 3.8) is 0 Å². The second-order valence-electron chi connectivity index (χ2n) is 3.21. The number of halogens is 2. The van der Waals surface area contributed by atoms with Gasteiger partial charge in [0.05, 0.1) is 12.8 Å². The fraction of sp³-hybridized carbons (Fsp3) is 0.0833. The van der Waals surface area contributed by atoms with Gasteiger partial charge in [0.15, 0.2) is 11.6 Å². The molecule has 0 radical (unpaired) electrons. The molecule has 2 rings (SSSR count). The number of hydrogen-bond acceptors (Lipinski definition) is 2. The third kappa shape index (κ3) is 2.32. The van der Waals surface area contributed by atoms with Gasteiger partial charge in [-0.25, -0.2) is 4.39 Å². The van der Waals surface area contributed by atoms with Crippen molar-refractivity contribution >= 4 is 22.6 Å². The normalized spacial score (nSPS) is 10.2. The number of methoxy groups -OCH3 is 1. The Kier molecular flexibility index (Phi) is 3.38. The SMILES string of the molecule is COc1cc(-c2cc(I)ccn2)ccc1F. The van der Waals surface area contributed by atoms with Gasteiger partial charge in [-0.1, -0.05) is 0 Å². The number of benzene rings is 1. The lowest BCUT2D eigenvalue weighted by atomic mass is 10.1. The van der Waals surface area contributed by atoms with E-state index >= 15 is 0 Å². The first kappa shape index (κ1) is 11.3. The molecule has 0 bridgehead atoms. The Morgan fingerprint density at radius 1 is 1.25 bits per heavy atom. The van der Waals surface area contributed by atoms with Crippen LogP contribution in [0.2, 0.25) is 0 Å². The molecule has 1 aromatic carbocycles. The molecule has 0 aliphatic heterocycles. The van der Waals surface area contributed by atoms with Crippen molar-refractivity contribution in [3.8, 4) is 17.0 Å². The van der Waals surface area contributed by atoms with Crippen LogP contribution >= 0.6 is 22.6 Å². The standard InChI is InChI=1S/C12H9FINO/c1-16-12-6-8(2-3-10(12)13)11-7-9(14)4-5-15-11/h2-7H,1H3. The largest absolute Gasteiger partial charge is 0.494 e. The van der Waals surface area contributed by atoms with Gasteiger partial charge in [-0.15, -0.1) is 0 Å². The maximum Gasteiger partial charge on any atom is 0.165 e. The molecular formula is C12H9FINO. The molecule has 4 heteroatoms. The highest BCUT2D eigenvalue weighted by Gasteiger charge is 2.06. The van der Waals surface area contributed by atoms with Gasteiger partial charge in [-0.3, -0.25) is 4.98 Å². The minimum absolute atomic E-state index is 0.234. The van der Waals surface area contributed by atoms with Crippen LogP contribution in [0.5, 0.6) is 5.75 Å². The van der Waals surface area contributed by atoms with E-state index in [1.54, 1.807) is 18.3 Å². The summed E-state index contributed by atoms with van der Waals surface area (Å²) >= 11 is 2.21. The van der Waals surface area contributed by atoms with E-state index in [-0.39, 0.29) is 11.6 Å². The van der Waals surface area contributed by atoms with Crippen molar-refractivity contribution < 1.29 is 9.13 Å². The van der Waals surface area contributed by atoms with Gasteiger partial charge in [0.2, 0.25) is 0 Å². The molecule has 1 aromatic heterocycles. The van der Waals surface area contributed by atoms with Gasteiger partial charge >= 0.3 is 0 Å². The third-order valence-corrected chi connectivity index (χ3v) is 2.84. The minimum atomic E-state index is -0.364. The first-order valence-corrected chi connectivity index (χ1v) is 5.74. The van der Waals surface area contributed by atoms with Crippen LogP contribution in [0, 0.1) is 9.39 Å². The summed E-state index contributed by atoms with van der Waals surface area (Å²) in [6.45, 7) is 0. The second-order valence-corrected chi connectivity index (χ2v) is 4.45. The Bertz CT molecular complexity index is 516. The van der Waals surface area contributed by atoms with Crippen molar-refractivity contribution in [1.29, 1.82) is 0 Å². The quantitative estimate of drug-likeness (QED) is 0.787. The van der Waals surface area contributed by atoms with Crippen LogP contribution in [0.4, 0.5) is 4.39 Å². The predicted molar refractivity (Wildman–Crippen MR) is 68.9 cm³/mol. The molecule has 0 N–H and O–H groups in total. The highest BCUT2D eigenvalue weighted by molar-refractivity contribution is 14.1. The second kappa shape index (κ2) is 4.78. The molecule has 2 aromatic rings. The minimum Gasteiger partial charge on any atom is -0.494 e. The predicted octanol–water partition coefficient (Wildman–Crippen LogP) is 3.50. The number of nitrogens with zero attached hydrogens (tertiary/aromatic N) is 1. The van der Waals surface area contributed by atoms with E-state index in [0.29, 0.717) is 0 Å². The molecule has 0 fully saturated rings. The average Bonchev–Trinajstić information content (AvgIpc) is 2.29. The van der Waals surface area contributed by atoms with Crippen LogP contribution in [0.3, 0.4) is 0 Å². The number of ether oxygens (including phenoxy) is 1. The number of pyridine rings is 1. The van der Waals surface area contributed by atoms with E-state index < -0.39 is 0 Å². The Hall–Kier alpha value is -1.17. The van der Waals surface area contributed by atoms with E-state index in [4.69, 9.17) is 4.74 Å². The summed E-state index contributed by atoms with van der Waals surface area (Å²) < 4.78 is 19.2. The van der Waals surface area contributed by atoms with Crippen molar-refractivity contribution in [2.24, 2.45) is 0 Å². The van der Waals surface area contributed by atoms with Gasteiger partial charge in [0.1, 0.15) is 0 Å². The molecule has 0 amide bonds. The Morgan fingerprint density at radius 3 is 2.75 bits per heavy atom. The first-order chi connectivity index (χ1) is 7.70. The van der Waals surface area contributed by atoms with Gasteiger partial charge in [0, 0.05) is 15.3 Å². The van der Waals surface area contributed by atoms with Crippen LogP contribution in [0.1, 0.15) is 0 Å². The van der Waals surface area contributed by atoms with E-state index in [1.165, 1.54) is 13.2 Å². The van der Waals surface area contributed by atoms with E-state index in [2.05, 4.69) is 27.6 Å². The van der Waals surface area contributed by atoms with Crippen LogP contribution in [-0.4, -0.2) is 12.1 Å². The van der Waals surface area contributed by atoms with E-state index in [1.807, 2.05) is 12.1 Å². The maximum absolute atomic E-state index is 13.2. The zero-order valence-corrected chi connectivity index (χ0v) is 10.7. The summed E-state index contributed by atoms with van der Waals surface area (Å²) in [6.07, 6.45) is 1.73. The number of hydrogen-bond donors (Lipinski definition) is 0. The van der Waals surface area contributed by atoms with Crippen molar-refractivity contribution in [2.45, 2.75) is 0 Å². The van der Waals surface area contributed by atoms with Crippen molar-refractivity contribution in [3.05, 3.63) is 45.9 Å². The fourth-order valence-electron chi connectivity index (χ4n) is 1.38. The summed E-state index contributed by atoms with van der Waals surface area (Å²) in [7, 11) is 1.45. The topological polar surface area (TPSA) is 22.1 Å². The van der Waals surface area contributed by atoms with Crippen molar-refractivity contribution in [1.82, 2.24) is 4.98 Å². The number of rotatable bonds is 2. The molecule has 82 valence electrons. The van der Waals surface area contributed by atoms with Gasteiger partial charge in [-0.05, 0) is 52.9 Å². The van der Waals surface area contributed by atoms with Crippen LogP contribution < -0.4 is 4.74 Å². The average molecular weight is 329 g/mol. The summed E-state index contributed by atoms with van der Waals surface area (Å²) in [4.78, 5) is 4.23. The molecule has 16 heavy (non-hydrogen) atoms. The van der Waals surface area contributed by atoms with E-state index in [0.717, 1.165) is 14.8 Å².